The lowest BCUT2D eigenvalue weighted by molar-refractivity contribution is 0.282. The number of aliphatic hydroxyl groups is 1. The molecule has 20 heavy (non-hydrogen) atoms. The van der Waals surface area contributed by atoms with E-state index < -0.39 is 0 Å². The SMILES string of the molecule is CN(C)CC#CC(CCCCO)N(C)c1ccccc1. The molecule has 0 bridgehead atoms. The van der Waals surface area contributed by atoms with Crippen LogP contribution in [0.15, 0.2) is 30.3 Å². The van der Waals surface area contributed by atoms with Gasteiger partial charge in [-0.2, -0.15) is 0 Å². The average Bonchev–Trinajstić information content (AvgIpc) is 2.46. The Morgan fingerprint density at radius 3 is 2.40 bits per heavy atom. The van der Waals surface area contributed by atoms with Gasteiger partial charge in [0, 0.05) is 19.3 Å². The summed E-state index contributed by atoms with van der Waals surface area (Å²) in [7, 11) is 6.13. The number of hydrogen-bond acceptors (Lipinski definition) is 3. The first-order chi connectivity index (χ1) is 9.65. The zero-order valence-corrected chi connectivity index (χ0v) is 12.8. The highest BCUT2D eigenvalue weighted by molar-refractivity contribution is 5.48. The molecule has 0 amide bonds. The molecule has 1 aromatic rings. The molecule has 110 valence electrons. The van der Waals surface area contributed by atoms with Crippen LogP contribution in [-0.2, 0) is 0 Å². The number of hydrogen-bond donors (Lipinski definition) is 1. The van der Waals surface area contributed by atoms with Crippen molar-refractivity contribution >= 4 is 5.69 Å². The maximum atomic E-state index is 8.93. The number of unbranched alkanes of at least 4 members (excludes halogenated alkanes) is 1. The molecule has 1 aromatic carbocycles. The van der Waals surface area contributed by atoms with Crippen molar-refractivity contribution in [2.45, 2.75) is 25.3 Å². The fraction of sp³-hybridized carbons (Fsp3) is 0.529. The third-order valence-corrected chi connectivity index (χ3v) is 3.18. The van der Waals surface area contributed by atoms with Gasteiger partial charge in [0.2, 0.25) is 0 Å². The Bertz CT molecular complexity index is 420. The van der Waals surface area contributed by atoms with Gasteiger partial charge in [0.25, 0.3) is 0 Å². The zero-order valence-electron chi connectivity index (χ0n) is 12.8. The van der Waals surface area contributed by atoms with E-state index in [2.05, 4.69) is 40.8 Å². The van der Waals surface area contributed by atoms with Gasteiger partial charge in [-0.1, -0.05) is 30.0 Å². The summed E-state index contributed by atoms with van der Waals surface area (Å²) in [6, 6.07) is 10.5. The van der Waals surface area contributed by atoms with Crippen molar-refractivity contribution in [3.8, 4) is 11.8 Å². The van der Waals surface area contributed by atoms with Crippen molar-refractivity contribution in [2.24, 2.45) is 0 Å². The van der Waals surface area contributed by atoms with Crippen molar-refractivity contribution in [1.82, 2.24) is 4.90 Å². The van der Waals surface area contributed by atoms with Crippen LogP contribution in [0, 0.1) is 11.8 Å². The molecule has 1 unspecified atom stereocenters. The summed E-state index contributed by atoms with van der Waals surface area (Å²) in [4.78, 5) is 4.29. The highest BCUT2D eigenvalue weighted by Gasteiger charge is 2.12. The van der Waals surface area contributed by atoms with Gasteiger partial charge in [0.05, 0.1) is 12.6 Å². The number of aliphatic hydroxyl groups excluding tert-OH is 1. The van der Waals surface area contributed by atoms with Crippen LogP contribution in [0.25, 0.3) is 0 Å². The van der Waals surface area contributed by atoms with Crippen LogP contribution >= 0.6 is 0 Å². The molecule has 1 atom stereocenters. The van der Waals surface area contributed by atoms with Crippen LogP contribution in [0.4, 0.5) is 5.69 Å². The number of rotatable bonds is 7. The molecule has 1 rings (SSSR count). The Balaban J connectivity index is 2.71. The second-order valence-corrected chi connectivity index (χ2v) is 5.24. The van der Waals surface area contributed by atoms with Gasteiger partial charge in [-0.15, -0.1) is 0 Å². The molecular formula is C17H26N2O. The van der Waals surface area contributed by atoms with Crippen LogP contribution < -0.4 is 4.90 Å². The Morgan fingerprint density at radius 2 is 1.80 bits per heavy atom. The monoisotopic (exact) mass is 274 g/mol. The molecule has 3 heteroatoms. The third-order valence-electron chi connectivity index (χ3n) is 3.18. The first kappa shape index (κ1) is 16.6. The van der Waals surface area contributed by atoms with E-state index in [0.717, 1.165) is 25.8 Å². The van der Waals surface area contributed by atoms with E-state index in [1.165, 1.54) is 5.69 Å². The Hall–Kier alpha value is -1.50. The molecule has 0 radical (unpaired) electrons. The minimum absolute atomic E-state index is 0.198. The molecule has 0 fully saturated rings. The van der Waals surface area contributed by atoms with Gasteiger partial charge in [-0.25, -0.2) is 0 Å². The van der Waals surface area contributed by atoms with Gasteiger partial charge in [0.15, 0.2) is 0 Å². The maximum Gasteiger partial charge on any atom is 0.0901 e. The molecule has 0 saturated carbocycles. The molecule has 0 spiro atoms. The molecule has 3 nitrogen and oxygen atoms in total. The number of para-hydroxylation sites is 1. The molecule has 0 aliphatic rings. The second kappa shape index (κ2) is 9.41. The van der Waals surface area contributed by atoms with E-state index in [1.54, 1.807) is 0 Å². The quantitative estimate of drug-likeness (QED) is 0.610. The van der Waals surface area contributed by atoms with Crippen molar-refractivity contribution < 1.29 is 5.11 Å². The summed E-state index contributed by atoms with van der Waals surface area (Å²) in [5.41, 5.74) is 1.18. The molecule has 1 N–H and O–H groups in total. The average molecular weight is 274 g/mol. The summed E-state index contributed by atoms with van der Waals surface area (Å²) in [6.45, 7) is 1.03. The van der Waals surface area contributed by atoms with Crippen LogP contribution in [0.5, 0.6) is 0 Å². The second-order valence-electron chi connectivity index (χ2n) is 5.24. The molecule has 0 aliphatic carbocycles. The van der Waals surface area contributed by atoms with Crippen molar-refractivity contribution in [3.63, 3.8) is 0 Å². The first-order valence-corrected chi connectivity index (χ1v) is 7.17. The van der Waals surface area contributed by atoms with Crippen molar-refractivity contribution in [3.05, 3.63) is 30.3 Å². The van der Waals surface area contributed by atoms with Crippen molar-refractivity contribution in [2.75, 3.05) is 39.2 Å². The van der Waals surface area contributed by atoms with E-state index in [0.29, 0.717) is 0 Å². The Kier molecular flexibility index (Phi) is 7.79. The highest BCUT2D eigenvalue weighted by atomic mass is 16.2. The van der Waals surface area contributed by atoms with Crippen LogP contribution in [0.1, 0.15) is 19.3 Å². The fourth-order valence-corrected chi connectivity index (χ4v) is 1.98. The minimum atomic E-state index is 0.198. The number of nitrogens with zero attached hydrogens (tertiary/aromatic N) is 2. The Labute approximate surface area is 123 Å². The van der Waals surface area contributed by atoms with E-state index in [9.17, 15) is 0 Å². The van der Waals surface area contributed by atoms with Crippen LogP contribution in [-0.4, -0.2) is 50.3 Å². The summed E-state index contributed by atoms with van der Waals surface area (Å²) in [5.74, 6) is 6.60. The molecule has 0 heterocycles. The molecule has 0 aromatic heterocycles. The highest BCUT2D eigenvalue weighted by Crippen LogP contribution is 2.17. The smallest absolute Gasteiger partial charge is 0.0901 e. The van der Waals surface area contributed by atoms with Gasteiger partial charge in [-0.05, 0) is 45.5 Å². The minimum Gasteiger partial charge on any atom is -0.396 e. The predicted octanol–water partition coefficient (Wildman–Crippen LogP) is 2.22. The zero-order chi connectivity index (χ0) is 14.8. The molecule has 0 saturated heterocycles. The number of anilines is 1. The molecule has 0 aliphatic heterocycles. The van der Waals surface area contributed by atoms with Gasteiger partial charge in [0.1, 0.15) is 0 Å². The van der Waals surface area contributed by atoms with Gasteiger partial charge < -0.3 is 10.0 Å². The largest absolute Gasteiger partial charge is 0.396 e. The maximum absolute atomic E-state index is 8.93. The summed E-state index contributed by atoms with van der Waals surface area (Å²) < 4.78 is 0. The van der Waals surface area contributed by atoms with Gasteiger partial charge >= 0.3 is 0 Å². The topological polar surface area (TPSA) is 26.7 Å². The Morgan fingerprint density at radius 1 is 1.10 bits per heavy atom. The lowest BCUT2D eigenvalue weighted by Gasteiger charge is -2.26. The summed E-state index contributed by atoms with van der Waals surface area (Å²) >= 11 is 0. The van der Waals surface area contributed by atoms with E-state index in [-0.39, 0.29) is 12.6 Å². The summed E-state index contributed by atoms with van der Waals surface area (Å²) in [6.07, 6.45) is 2.82. The first-order valence-electron chi connectivity index (χ1n) is 7.17. The fourth-order valence-electron chi connectivity index (χ4n) is 1.98. The predicted molar refractivity (Wildman–Crippen MR) is 85.9 cm³/mol. The van der Waals surface area contributed by atoms with Crippen LogP contribution in [0.3, 0.4) is 0 Å². The third kappa shape index (κ3) is 6.10. The van der Waals surface area contributed by atoms with Crippen LogP contribution in [0.2, 0.25) is 0 Å². The summed E-state index contributed by atoms with van der Waals surface area (Å²) in [5, 5.41) is 8.93. The van der Waals surface area contributed by atoms with Gasteiger partial charge in [-0.3, -0.25) is 4.90 Å². The van der Waals surface area contributed by atoms with E-state index in [1.807, 2.05) is 32.3 Å². The van der Waals surface area contributed by atoms with Crippen molar-refractivity contribution in [1.29, 1.82) is 0 Å². The number of benzene rings is 1. The van der Waals surface area contributed by atoms with E-state index >= 15 is 0 Å². The normalized spacial score (nSPS) is 11.8. The standard InChI is InChI=1S/C17H26N2O/c1-18(2)14-9-13-17(12-7-8-15-20)19(3)16-10-5-4-6-11-16/h4-6,10-11,17,20H,7-8,12,14-15H2,1-3H3. The lowest BCUT2D eigenvalue weighted by atomic mass is 10.1. The lowest BCUT2D eigenvalue weighted by Crippen LogP contribution is -2.30. The molecular weight excluding hydrogens is 248 g/mol. The van der Waals surface area contributed by atoms with E-state index in [4.69, 9.17) is 5.11 Å².